The molecular formula is C20H24N2O2S. The number of likely N-dealkylation sites (N-methyl/N-ethyl adjacent to an activating group) is 1. The molecule has 3 rings (SSSR count). The fourth-order valence-corrected chi connectivity index (χ4v) is 4.22. The number of thioether (sulfide) groups is 1. The highest BCUT2D eigenvalue weighted by Gasteiger charge is 2.39. The fraction of sp³-hybridized carbons (Fsp3) is 0.400. The van der Waals surface area contributed by atoms with Gasteiger partial charge in [0.15, 0.2) is 0 Å². The number of rotatable bonds is 5. The molecule has 1 aromatic heterocycles. The smallest absolute Gasteiger partial charge is 0.289 e. The molecule has 0 N–H and O–H groups in total. The average molecular weight is 356 g/mol. The summed E-state index contributed by atoms with van der Waals surface area (Å²) in [5, 5.41) is 0.781. The van der Waals surface area contributed by atoms with Crippen LogP contribution in [0.5, 0.6) is 0 Å². The van der Waals surface area contributed by atoms with Crippen molar-refractivity contribution in [2.24, 2.45) is 0 Å². The van der Waals surface area contributed by atoms with Crippen LogP contribution < -0.4 is 0 Å². The topological polar surface area (TPSA) is 42.3 Å². The highest BCUT2D eigenvalue weighted by Crippen LogP contribution is 2.39. The van der Waals surface area contributed by atoms with E-state index >= 15 is 0 Å². The molecule has 0 spiro atoms. The first-order valence-corrected chi connectivity index (χ1v) is 9.43. The molecule has 2 aromatic rings. The van der Waals surface area contributed by atoms with E-state index in [1.54, 1.807) is 7.05 Å². The number of aromatic nitrogens is 1. The lowest BCUT2D eigenvalue weighted by atomic mass is 10.0. The maximum absolute atomic E-state index is 12.3. The summed E-state index contributed by atoms with van der Waals surface area (Å²) in [6, 6.07) is 7.97. The SMILES string of the molecule is CC(C)=CCCC(C)n1ccc2c(C3C(=O)SC(=O)N3C)cccc21. The van der Waals surface area contributed by atoms with Crippen molar-refractivity contribution in [3.63, 3.8) is 0 Å². The van der Waals surface area contributed by atoms with Gasteiger partial charge in [0.2, 0.25) is 5.12 Å². The zero-order valence-electron chi connectivity index (χ0n) is 15.2. The number of carbonyl (C=O) groups excluding carboxylic acids is 2. The van der Waals surface area contributed by atoms with Crippen LogP contribution in [0.2, 0.25) is 0 Å². The molecule has 1 amide bonds. The molecule has 1 aromatic carbocycles. The largest absolute Gasteiger partial charge is 0.345 e. The zero-order valence-corrected chi connectivity index (χ0v) is 16.0. The second-order valence-corrected chi connectivity index (χ2v) is 7.87. The molecule has 0 aliphatic carbocycles. The number of hydrogen-bond donors (Lipinski definition) is 0. The van der Waals surface area contributed by atoms with E-state index in [1.165, 1.54) is 10.5 Å². The number of benzene rings is 1. The molecule has 0 bridgehead atoms. The molecule has 0 saturated carbocycles. The van der Waals surface area contributed by atoms with Crippen molar-refractivity contribution >= 4 is 33.0 Å². The maximum atomic E-state index is 12.3. The van der Waals surface area contributed by atoms with Gasteiger partial charge in [0.25, 0.3) is 5.24 Å². The van der Waals surface area contributed by atoms with E-state index in [9.17, 15) is 9.59 Å². The van der Waals surface area contributed by atoms with Crippen molar-refractivity contribution in [2.45, 2.75) is 45.7 Å². The standard InChI is InChI=1S/C20H24N2O2S/c1-13(2)7-5-8-14(3)22-12-11-15-16(9-6-10-17(15)22)18-19(23)25-20(24)21(18)4/h6-7,9-12,14,18H,5,8H2,1-4H3. The quantitative estimate of drug-likeness (QED) is 0.681. The minimum absolute atomic E-state index is 0.0932. The number of nitrogens with zero attached hydrogens (tertiary/aromatic N) is 2. The number of hydrogen-bond acceptors (Lipinski definition) is 3. The normalized spacial score (nSPS) is 18.9. The summed E-state index contributed by atoms with van der Waals surface area (Å²) in [4.78, 5) is 25.7. The number of allylic oxidation sites excluding steroid dienone is 2. The molecule has 1 aliphatic rings. The van der Waals surface area contributed by atoms with Crippen molar-refractivity contribution in [1.82, 2.24) is 9.47 Å². The Morgan fingerprint density at radius 3 is 2.68 bits per heavy atom. The van der Waals surface area contributed by atoms with Gasteiger partial charge in [-0.15, -0.1) is 0 Å². The number of amides is 1. The van der Waals surface area contributed by atoms with Gasteiger partial charge in [0, 0.05) is 42.0 Å². The number of fused-ring (bicyclic) bond motifs is 1. The Morgan fingerprint density at radius 2 is 2.04 bits per heavy atom. The van der Waals surface area contributed by atoms with Gasteiger partial charge in [0.05, 0.1) is 0 Å². The third-order valence-corrected chi connectivity index (χ3v) is 5.68. The monoisotopic (exact) mass is 356 g/mol. The van der Waals surface area contributed by atoms with E-state index in [2.05, 4.69) is 49.7 Å². The summed E-state index contributed by atoms with van der Waals surface area (Å²) in [5.41, 5.74) is 3.38. The molecule has 1 saturated heterocycles. The van der Waals surface area contributed by atoms with Crippen LogP contribution in [-0.2, 0) is 4.79 Å². The highest BCUT2D eigenvalue weighted by atomic mass is 32.2. The van der Waals surface area contributed by atoms with Gasteiger partial charge in [-0.05, 0) is 51.3 Å². The molecular weight excluding hydrogens is 332 g/mol. The molecule has 5 heteroatoms. The van der Waals surface area contributed by atoms with E-state index in [-0.39, 0.29) is 10.4 Å². The molecule has 4 nitrogen and oxygen atoms in total. The van der Waals surface area contributed by atoms with Gasteiger partial charge in [-0.1, -0.05) is 23.8 Å². The van der Waals surface area contributed by atoms with E-state index in [0.29, 0.717) is 6.04 Å². The average Bonchev–Trinajstić information content (AvgIpc) is 3.08. The van der Waals surface area contributed by atoms with Crippen LogP contribution in [0.15, 0.2) is 42.1 Å². The summed E-state index contributed by atoms with van der Waals surface area (Å²) in [7, 11) is 1.70. The second-order valence-electron chi connectivity index (χ2n) is 6.91. The predicted molar refractivity (Wildman–Crippen MR) is 104 cm³/mol. The van der Waals surface area contributed by atoms with Crippen molar-refractivity contribution < 1.29 is 9.59 Å². The lowest BCUT2D eigenvalue weighted by molar-refractivity contribution is -0.113. The molecule has 2 atom stereocenters. The Morgan fingerprint density at radius 1 is 1.28 bits per heavy atom. The van der Waals surface area contributed by atoms with Gasteiger partial charge >= 0.3 is 0 Å². The van der Waals surface area contributed by atoms with Crippen molar-refractivity contribution in [3.8, 4) is 0 Å². The Balaban J connectivity index is 1.94. The van der Waals surface area contributed by atoms with E-state index in [1.807, 2.05) is 12.1 Å². The lowest BCUT2D eigenvalue weighted by Gasteiger charge is -2.19. The van der Waals surface area contributed by atoms with Crippen LogP contribution in [0.25, 0.3) is 10.9 Å². The maximum Gasteiger partial charge on any atom is 0.289 e. The summed E-state index contributed by atoms with van der Waals surface area (Å²) in [6.07, 6.45) is 6.48. The third-order valence-electron chi connectivity index (χ3n) is 4.79. The second kappa shape index (κ2) is 7.08. The van der Waals surface area contributed by atoms with Crippen LogP contribution in [0.4, 0.5) is 4.79 Å². The van der Waals surface area contributed by atoms with Gasteiger partial charge in [-0.2, -0.15) is 0 Å². The first-order valence-electron chi connectivity index (χ1n) is 8.61. The van der Waals surface area contributed by atoms with E-state index < -0.39 is 6.04 Å². The Labute approximate surface area is 152 Å². The van der Waals surface area contributed by atoms with Gasteiger partial charge in [-0.3, -0.25) is 9.59 Å². The zero-order chi connectivity index (χ0) is 18.1. The van der Waals surface area contributed by atoms with Crippen LogP contribution in [0.1, 0.15) is 51.3 Å². The molecule has 0 radical (unpaired) electrons. The molecule has 2 heterocycles. The third kappa shape index (κ3) is 3.38. The molecule has 25 heavy (non-hydrogen) atoms. The molecule has 132 valence electrons. The molecule has 1 aliphatic heterocycles. The summed E-state index contributed by atoms with van der Waals surface area (Å²) in [5.74, 6) is 0. The summed E-state index contributed by atoms with van der Waals surface area (Å²) < 4.78 is 2.27. The van der Waals surface area contributed by atoms with E-state index in [0.717, 1.165) is 41.1 Å². The Hall–Kier alpha value is -2.01. The highest BCUT2D eigenvalue weighted by molar-refractivity contribution is 8.26. The van der Waals surface area contributed by atoms with Crippen LogP contribution >= 0.6 is 11.8 Å². The molecule has 2 unspecified atom stereocenters. The predicted octanol–water partition coefficient (Wildman–Crippen LogP) is 5.32. The van der Waals surface area contributed by atoms with E-state index in [4.69, 9.17) is 0 Å². The first-order chi connectivity index (χ1) is 11.9. The molecule has 1 fully saturated rings. The van der Waals surface area contributed by atoms with Crippen molar-refractivity contribution in [3.05, 3.63) is 47.7 Å². The van der Waals surface area contributed by atoms with Crippen LogP contribution in [0, 0.1) is 0 Å². The van der Waals surface area contributed by atoms with Crippen LogP contribution in [-0.4, -0.2) is 26.9 Å². The number of carbonyl (C=O) groups is 2. The minimum atomic E-state index is -0.488. The summed E-state index contributed by atoms with van der Waals surface area (Å²) >= 11 is 0.802. The minimum Gasteiger partial charge on any atom is -0.345 e. The van der Waals surface area contributed by atoms with Crippen LogP contribution in [0.3, 0.4) is 0 Å². The van der Waals surface area contributed by atoms with Crippen molar-refractivity contribution in [1.29, 1.82) is 0 Å². The summed E-state index contributed by atoms with van der Waals surface area (Å²) in [6.45, 7) is 6.46. The fourth-order valence-electron chi connectivity index (χ4n) is 3.40. The Kier molecular flexibility index (Phi) is 5.04. The Bertz CT molecular complexity index is 848. The van der Waals surface area contributed by atoms with Gasteiger partial charge in [0.1, 0.15) is 6.04 Å². The van der Waals surface area contributed by atoms with Crippen molar-refractivity contribution in [2.75, 3.05) is 7.05 Å². The van der Waals surface area contributed by atoms with Gasteiger partial charge in [-0.25, -0.2) is 0 Å². The first kappa shape index (κ1) is 17.8. The van der Waals surface area contributed by atoms with Gasteiger partial charge < -0.3 is 9.47 Å². The lowest BCUT2D eigenvalue weighted by Crippen LogP contribution is -2.23.